The summed E-state index contributed by atoms with van der Waals surface area (Å²) >= 11 is 1.75. The number of carbonyl (C=O) groups excluding carboxylic acids is 1. The van der Waals surface area contributed by atoms with E-state index >= 15 is 0 Å². The molecule has 0 radical (unpaired) electrons. The Labute approximate surface area is 160 Å². The maximum Gasteiger partial charge on any atom is 0.253 e. The number of benzene rings is 2. The molecule has 1 saturated carbocycles. The second-order valence-electron chi connectivity index (χ2n) is 7.77. The van der Waals surface area contributed by atoms with E-state index in [0.29, 0.717) is 0 Å². The van der Waals surface area contributed by atoms with Gasteiger partial charge in [-0.2, -0.15) is 0 Å². The monoisotopic (exact) mass is 366 g/mol. The van der Waals surface area contributed by atoms with Gasteiger partial charge in [-0.25, -0.2) is 0 Å². The molecule has 0 bridgehead atoms. The summed E-state index contributed by atoms with van der Waals surface area (Å²) in [5, 5.41) is 0. The lowest BCUT2D eigenvalue weighted by molar-refractivity contribution is 0.0765. The molecular formula is C22H26N2OS. The standard InChI is InChI=1S/C22H26N2OS/c1-23(2)12-19-20-13-24(14-21(19)20)22(25)17-6-4-15(5-7-17)16-8-10-18(26-3)11-9-16/h4-11,19-21H,12-14H2,1-3H3/t19?,20-,21+. The van der Waals surface area contributed by atoms with Gasteiger partial charge in [0.2, 0.25) is 0 Å². The fourth-order valence-corrected chi connectivity index (χ4v) is 4.69. The largest absolute Gasteiger partial charge is 0.338 e. The van der Waals surface area contributed by atoms with Gasteiger partial charge in [0.1, 0.15) is 0 Å². The zero-order valence-electron chi connectivity index (χ0n) is 15.7. The van der Waals surface area contributed by atoms with Crippen LogP contribution in [0.25, 0.3) is 11.1 Å². The number of fused-ring (bicyclic) bond motifs is 1. The molecule has 26 heavy (non-hydrogen) atoms. The first-order valence-corrected chi connectivity index (χ1v) is 10.5. The molecule has 0 spiro atoms. The molecule has 0 aromatic heterocycles. The second-order valence-corrected chi connectivity index (χ2v) is 8.65. The molecule has 1 saturated heterocycles. The highest BCUT2D eigenvalue weighted by molar-refractivity contribution is 7.98. The second kappa shape index (κ2) is 7.09. The lowest BCUT2D eigenvalue weighted by Gasteiger charge is -2.21. The molecule has 136 valence electrons. The summed E-state index contributed by atoms with van der Waals surface area (Å²) in [5.74, 6) is 2.41. The van der Waals surface area contributed by atoms with Gasteiger partial charge < -0.3 is 9.80 Å². The van der Waals surface area contributed by atoms with E-state index in [-0.39, 0.29) is 5.91 Å². The Kier molecular flexibility index (Phi) is 4.80. The Morgan fingerprint density at radius 2 is 1.54 bits per heavy atom. The molecule has 2 aromatic rings. The maximum atomic E-state index is 12.8. The molecule has 1 heterocycles. The summed E-state index contributed by atoms with van der Waals surface area (Å²) in [5.41, 5.74) is 3.15. The van der Waals surface area contributed by atoms with Crippen molar-refractivity contribution < 1.29 is 4.79 Å². The van der Waals surface area contributed by atoms with Crippen molar-refractivity contribution in [2.75, 3.05) is 40.0 Å². The topological polar surface area (TPSA) is 23.6 Å². The summed E-state index contributed by atoms with van der Waals surface area (Å²) in [6, 6.07) is 16.6. The fraction of sp³-hybridized carbons (Fsp3) is 0.409. The Morgan fingerprint density at radius 3 is 2.04 bits per heavy atom. The van der Waals surface area contributed by atoms with Crippen molar-refractivity contribution in [3.05, 3.63) is 54.1 Å². The number of piperidine rings is 1. The summed E-state index contributed by atoms with van der Waals surface area (Å²) < 4.78 is 0. The molecule has 2 fully saturated rings. The van der Waals surface area contributed by atoms with Crippen LogP contribution in [0.3, 0.4) is 0 Å². The summed E-state index contributed by atoms with van der Waals surface area (Å²) in [6.07, 6.45) is 2.08. The van der Waals surface area contributed by atoms with Crippen LogP contribution in [0.4, 0.5) is 0 Å². The van der Waals surface area contributed by atoms with Crippen molar-refractivity contribution in [1.82, 2.24) is 9.80 Å². The van der Waals surface area contributed by atoms with Gasteiger partial charge in [-0.15, -0.1) is 11.8 Å². The molecule has 1 amide bonds. The van der Waals surface area contributed by atoms with Gasteiger partial charge in [-0.05, 0) is 73.5 Å². The molecule has 3 nitrogen and oxygen atoms in total. The third-order valence-corrected chi connectivity index (χ3v) is 6.53. The number of amides is 1. The average molecular weight is 367 g/mol. The number of rotatable bonds is 5. The molecule has 1 unspecified atom stereocenters. The van der Waals surface area contributed by atoms with E-state index in [0.717, 1.165) is 48.5 Å². The predicted molar refractivity (Wildman–Crippen MR) is 109 cm³/mol. The van der Waals surface area contributed by atoms with E-state index in [1.807, 2.05) is 17.0 Å². The number of nitrogens with zero attached hydrogens (tertiary/aromatic N) is 2. The number of likely N-dealkylation sites (tertiary alicyclic amines) is 1. The van der Waals surface area contributed by atoms with Gasteiger partial charge in [0, 0.05) is 30.1 Å². The molecule has 1 aliphatic heterocycles. The Balaban J connectivity index is 1.39. The number of thioether (sulfide) groups is 1. The summed E-state index contributed by atoms with van der Waals surface area (Å²) in [7, 11) is 4.26. The van der Waals surface area contributed by atoms with Crippen molar-refractivity contribution in [1.29, 1.82) is 0 Å². The number of hydrogen-bond donors (Lipinski definition) is 0. The van der Waals surface area contributed by atoms with Crippen LogP contribution in [0, 0.1) is 17.8 Å². The van der Waals surface area contributed by atoms with Crippen molar-refractivity contribution in [2.24, 2.45) is 17.8 Å². The molecule has 2 aromatic carbocycles. The Hall–Kier alpha value is -1.78. The highest BCUT2D eigenvalue weighted by Crippen LogP contribution is 2.52. The predicted octanol–water partition coefficient (Wildman–Crippen LogP) is 3.96. The molecule has 3 atom stereocenters. The van der Waals surface area contributed by atoms with Crippen LogP contribution in [-0.4, -0.2) is 55.7 Å². The van der Waals surface area contributed by atoms with E-state index in [1.165, 1.54) is 10.5 Å². The lowest BCUT2D eigenvalue weighted by Crippen LogP contribution is -2.33. The van der Waals surface area contributed by atoms with Crippen LogP contribution in [0.5, 0.6) is 0 Å². The molecular weight excluding hydrogens is 340 g/mol. The highest BCUT2D eigenvalue weighted by atomic mass is 32.2. The number of carbonyl (C=O) groups is 1. The van der Waals surface area contributed by atoms with Gasteiger partial charge in [0.05, 0.1) is 0 Å². The highest BCUT2D eigenvalue weighted by Gasteiger charge is 2.56. The van der Waals surface area contributed by atoms with Crippen molar-refractivity contribution in [2.45, 2.75) is 4.90 Å². The van der Waals surface area contributed by atoms with Gasteiger partial charge in [-0.3, -0.25) is 4.79 Å². The fourth-order valence-electron chi connectivity index (χ4n) is 4.28. The summed E-state index contributed by atoms with van der Waals surface area (Å²) in [4.78, 5) is 18.4. The molecule has 4 rings (SSSR count). The van der Waals surface area contributed by atoms with Crippen molar-refractivity contribution >= 4 is 17.7 Å². The minimum absolute atomic E-state index is 0.185. The molecule has 0 N–H and O–H groups in total. The lowest BCUT2D eigenvalue weighted by atomic mass is 10.0. The Bertz CT molecular complexity index is 773. The first-order chi connectivity index (χ1) is 12.6. The average Bonchev–Trinajstić information content (AvgIpc) is 3.09. The van der Waals surface area contributed by atoms with Crippen LogP contribution in [0.2, 0.25) is 0 Å². The zero-order chi connectivity index (χ0) is 18.3. The van der Waals surface area contributed by atoms with Gasteiger partial charge in [0.15, 0.2) is 0 Å². The SMILES string of the molecule is CSc1ccc(-c2ccc(C(=O)N3C[C@@H]4C(CN(C)C)[C@@H]4C3)cc2)cc1. The maximum absolute atomic E-state index is 12.8. The van der Waals surface area contributed by atoms with E-state index in [1.54, 1.807) is 11.8 Å². The first kappa shape index (κ1) is 17.6. The molecule has 2 aliphatic rings. The number of hydrogen-bond acceptors (Lipinski definition) is 3. The van der Waals surface area contributed by atoms with Crippen LogP contribution in [-0.2, 0) is 0 Å². The van der Waals surface area contributed by atoms with E-state index in [9.17, 15) is 4.79 Å². The van der Waals surface area contributed by atoms with Crippen LogP contribution in [0.15, 0.2) is 53.4 Å². The third-order valence-electron chi connectivity index (χ3n) is 5.79. The van der Waals surface area contributed by atoms with Crippen molar-refractivity contribution in [3.8, 4) is 11.1 Å². The first-order valence-electron chi connectivity index (χ1n) is 9.25. The Morgan fingerprint density at radius 1 is 1.00 bits per heavy atom. The van der Waals surface area contributed by atoms with Gasteiger partial charge in [0.25, 0.3) is 5.91 Å². The quantitative estimate of drug-likeness (QED) is 0.749. The smallest absolute Gasteiger partial charge is 0.253 e. The normalized spacial score (nSPS) is 24.0. The van der Waals surface area contributed by atoms with Gasteiger partial charge in [-0.1, -0.05) is 24.3 Å². The van der Waals surface area contributed by atoms with E-state index in [4.69, 9.17) is 0 Å². The van der Waals surface area contributed by atoms with Crippen molar-refractivity contribution in [3.63, 3.8) is 0 Å². The van der Waals surface area contributed by atoms with Gasteiger partial charge >= 0.3 is 0 Å². The third kappa shape index (κ3) is 3.40. The van der Waals surface area contributed by atoms with Crippen LogP contribution in [0.1, 0.15) is 10.4 Å². The van der Waals surface area contributed by atoms with E-state index in [2.05, 4.69) is 61.6 Å². The summed E-state index contributed by atoms with van der Waals surface area (Å²) in [6.45, 7) is 3.02. The van der Waals surface area contributed by atoms with E-state index < -0.39 is 0 Å². The van der Waals surface area contributed by atoms with Crippen LogP contribution < -0.4 is 0 Å². The zero-order valence-corrected chi connectivity index (χ0v) is 16.5. The minimum atomic E-state index is 0.185. The van der Waals surface area contributed by atoms with Crippen LogP contribution >= 0.6 is 11.8 Å². The molecule has 4 heteroatoms. The minimum Gasteiger partial charge on any atom is -0.338 e. The molecule has 1 aliphatic carbocycles.